The fourth-order valence-corrected chi connectivity index (χ4v) is 2.03. The van der Waals surface area contributed by atoms with Gasteiger partial charge in [0.1, 0.15) is 5.92 Å². The van der Waals surface area contributed by atoms with Crippen LogP contribution in [0.4, 0.5) is 0 Å². The van der Waals surface area contributed by atoms with E-state index in [1.54, 1.807) is 0 Å². The maximum Gasteiger partial charge on any atom is 0.154 e. The van der Waals surface area contributed by atoms with Crippen molar-refractivity contribution in [3.8, 4) is 6.07 Å². The van der Waals surface area contributed by atoms with Crippen molar-refractivity contribution in [1.82, 2.24) is 0 Å². The number of ketones is 1. The molecule has 0 aliphatic heterocycles. The molecule has 1 unspecified atom stereocenters. The largest absolute Gasteiger partial charge is 0.298 e. The maximum atomic E-state index is 12.0. The minimum atomic E-state index is -0.628. The predicted molar refractivity (Wildman–Crippen MR) is 78.0 cm³/mol. The van der Waals surface area contributed by atoms with Crippen LogP contribution in [0.1, 0.15) is 58.1 Å². The smallest absolute Gasteiger partial charge is 0.154 e. The zero-order valence-corrected chi connectivity index (χ0v) is 12.5. The van der Waals surface area contributed by atoms with Gasteiger partial charge in [0.05, 0.1) is 6.07 Å². The van der Waals surface area contributed by atoms with E-state index in [0.717, 1.165) is 5.56 Å². The van der Waals surface area contributed by atoms with Crippen molar-refractivity contribution < 1.29 is 4.79 Å². The van der Waals surface area contributed by atoms with Crippen LogP contribution in [0.3, 0.4) is 0 Å². The highest BCUT2D eigenvalue weighted by Gasteiger charge is 2.21. The molecule has 1 atom stereocenters. The first-order valence-corrected chi connectivity index (χ1v) is 6.78. The standard InChI is InChI=1S/C17H23NO/c1-12(2)10-16(19)15(11-18)13-6-8-14(9-7-13)17(3,4)5/h6-9,12,15H,10H2,1-5H3. The molecule has 2 heteroatoms. The molecule has 1 rings (SSSR count). The van der Waals surface area contributed by atoms with Gasteiger partial charge in [-0.05, 0) is 22.5 Å². The van der Waals surface area contributed by atoms with E-state index in [9.17, 15) is 10.1 Å². The second kappa shape index (κ2) is 6.02. The van der Waals surface area contributed by atoms with Crippen LogP contribution < -0.4 is 0 Å². The van der Waals surface area contributed by atoms with Crippen LogP contribution in [0.25, 0.3) is 0 Å². The van der Waals surface area contributed by atoms with E-state index in [-0.39, 0.29) is 17.1 Å². The summed E-state index contributed by atoms with van der Waals surface area (Å²) in [6.07, 6.45) is 0.458. The van der Waals surface area contributed by atoms with Crippen LogP contribution in [-0.4, -0.2) is 5.78 Å². The van der Waals surface area contributed by atoms with Crippen molar-refractivity contribution >= 4 is 5.78 Å². The molecule has 0 N–H and O–H groups in total. The van der Waals surface area contributed by atoms with Crippen LogP contribution in [0.5, 0.6) is 0 Å². The Hall–Kier alpha value is -1.62. The number of Topliss-reactive ketones (excluding diaryl/α,β-unsaturated/α-hetero) is 1. The summed E-state index contributed by atoms with van der Waals surface area (Å²) < 4.78 is 0. The van der Waals surface area contributed by atoms with Gasteiger partial charge < -0.3 is 0 Å². The molecule has 0 saturated carbocycles. The summed E-state index contributed by atoms with van der Waals surface area (Å²) in [7, 11) is 0. The molecule has 2 nitrogen and oxygen atoms in total. The Labute approximate surface area is 116 Å². The molecule has 0 heterocycles. The third-order valence-electron chi connectivity index (χ3n) is 3.17. The minimum absolute atomic E-state index is 0.0148. The molecule has 0 saturated heterocycles. The Balaban J connectivity index is 2.96. The lowest BCUT2D eigenvalue weighted by Gasteiger charge is -2.19. The fourth-order valence-electron chi connectivity index (χ4n) is 2.03. The summed E-state index contributed by atoms with van der Waals surface area (Å²) in [6.45, 7) is 10.4. The van der Waals surface area contributed by atoms with E-state index >= 15 is 0 Å². The molecular formula is C17H23NO. The summed E-state index contributed by atoms with van der Waals surface area (Å²) in [5.74, 6) is -0.324. The molecule has 0 fully saturated rings. The van der Waals surface area contributed by atoms with Crippen molar-refractivity contribution in [2.75, 3.05) is 0 Å². The van der Waals surface area contributed by atoms with Crippen molar-refractivity contribution in [3.05, 3.63) is 35.4 Å². The Kier molecular flexibility index (Phi) is 4.89. The monoisotopic (exact) mass is 257 g/mol. The molecule has 1 aromatic rings. The first-order valence-electron chi connectivity index (χ1n) is 6.78. The number of nitrogens with zero attached hydrogens (tertiary/aromatic N) is 1. The zero-order chi connectivity index (χ0) is 14.6. The number of carbonyl (C=O) groups excluding carboxylic acids is 1. The number of nitriles is 1. The second-order valence-corrected chi connectivity index (χ2v) is 6.50. The zero-order valence-electron chi connectivity index (χ0n) is 12.5. The van der Waals surface area contributed by atoms with Gasteiger partial charge in [0.2, 0.25) is 0 Å². The summed E-state index contributed by atoms with van der Waals surface area (Å²) in [4.78, 5) is 12.0. The second-order valence-electron chi connectivity index (χ2n) is 6.50. The van der Waals surface area contributed by atoms with E-state index < -0.39 is 5.92 Å². The Bertz CT molecular complexity index is 471. The number of carbonyl (C=O) groups is 1. The Morgan fingerprint density at radius 2 is 1.74 bits per heavy atom. The van der Waals surface area contributed by atoms with E-state index in [2.05, 4.69) is 26.8 Å². The lowest BCUT2D eigenvalue weighted by atomic mass is 9.84. The highest BCUT2D eigenvalue weighted by atomic mass is 16.1. The van der Waals surface area contributed by atoms with Gasteiger partial charge in [-0.3, -0.25) is 4.79 Å². The van der Waals surface area contributed by atoms with Crippen LogP contribution in [0.2, 0.25) is 0 Å². The Morgan fingerprint density at radius 3 is 2.11 bits per heavy atom. The molecule has 0 aliphatic carbocycles. The number of rotatable bonds is 4. The minimum Gasteiger partial charge on any atom is -0.298 e. The molecule has 0 aromatic heterocycles. The molecule has 0 aliphatic rings. The molecular weight excluding hydrogens is 234 g/mol. The van der Waals surface area contributed by atoms with Gasteiger partial charge in [0.15, 0.2) is 5.78 Å². The topological polar surface area (TPSA) is 40.9 Å². The average molecular weight is 257 g/mol. The van der Waals surface area contributed by atoms with Crippen LogP contribution >= 0.6 is 0 Å². The predicted octanol–water partition coefficient (Wildman–Crippen LogP) is 4.21. The summed E-state index contributed by atoms with van der Waals surface area (Å²) >= 11 is 0. The van der Waals surface area contributed by atoms with Crippen molar-refractivity contribution in [3.63, 3.8) is 0 Å². The van der Waals surface area contributed by atoms with Crippen molar-refractivity contribution in [2.45, 2.75) is 52.4 Å². The SMILES string of the molecule is CC(C)CC(=O)C(C#N)c1ccc(C(C)(C)C)cc1. The number of hydrogen-bond acceptors (Lipinski definition) is 2. The lowest BCUT2D eigenvalue weighted by molar-refractivity contribution is -0.120. The van der Waals surface area contributed by atoms with Gasteiger partial charge >= 0.3 is 0 Å². The fraction of sp³-hybridized carbons (Fsp3) is 0.529. The van der Waals surface area contributed by atoms with Gasteiger partial charge in [-0.2, -0.15) is 5.26 Å². The quantitative estimate of drug-likeness (QED) is 0.810. The van der Waals surface area contributed by atoms with E-state index in [0.29, 0.717) is 6.42 Å². The molecule has 1 aromatic carbocycles. The maximum absolute atomic E-state index is 12.0. The first-order chi connectivity index (χ1) is 8.75. The highest BCUT2D eigenvalue weighted by molar-refractivity contribution is 5.88. The lowest BCUT2D eigenvalue weighted by Crippen LogP contribution is -2.14. The molecule has 0 spiro atoms. The van der Waals surface area contributed by atoms with E-state index in [1.165, 1.54) is 5.56 Å². The van der Waals surface area contributed by atoms with Crippen LogP contribution in [-0.2, 0) is 10.2 Å². The molecule has 19 heavy (non-hydrogen) atoms. The summed E-state index contributed by atoms with van der Waals surface area (Å²) in [5, 5.41) is 9.22. The van der Waals surface area contributed by atoms with Gasteiger partial charge in [0.25, 0.3) is 0 Å². The van der Waals surface area contributed by atoms with Gasteiger partial charge in [-0.15, -0.1) is 0 Å². The van der Waals surface area contributed by atoms with Gasteiger partial charge in [0, 0.05) is 6.42 Å². The third-order valence-corrected chi connectivity index (χ3v) is 3.17. The highest BCUT2D eigenvalue weighted by Crippen LogP contribution is 2.25. The van der Waals surface area contributed by atoms with Crippen LogP contribution in [0, 0.1) is 17.2 Å². The third kappa shape index (κ3) is 4.21. The molecule has 0 bridgehead atoms. The van der Waals surface area contributed by atoms with Crippen molar-refractivity contribution in [1.29, 1.82) is 5.26 Å². The van der Waals surface area contributed by atoms with Gasteiger partial charge in [-0.25, -0.2) is 0 Å². The van der Waals surface area contributed by atoms with Crippen molar-refractivity contribution in [2.24, 2.45) is 5.92 Å². The van der Waals surface area contributed by atoms with Crippen LogP contribution in [0.15, 0.2) is 24.3 Å². The summed E-state index contributed by atoms with van der Waals surface area (Å²) in [6, 6.07) is 9.98. The molecule has 102 valence electrons. The Morgan fingerprint density at radius 1 is 1.21 bits per heavy atom. The summed E-state index contributed by atoms with van der Waals surface area (Å²) in [5.41, 5.74) is 2.10. The number of hydrogen-bond donors (Lipinski definition) is 0. The normalized spacial score (nSPS) is 13.1. The number of benzene rings is 1. The van der Waals surface area contributed by atoms with Gasteiger partial charge in [-0.1, -0.05) is 58.9 Å². The molecule has 0 radical (unpaired) electrons. The van der Waals surface area contributed by atoms with E-state index in [1.807, 2.05) is 38.1 Å². The first kappa shape index (κ1) is 15.4. The van der Waals surface area contributed by atoms with E-state index in [4.69, 9.17) is 0 Å². The molecule has 0 amide bonds. The average Bonchev–Trinajstić information content (AvgIpc) is 2.28.